The Balaban J connectivity index is 2.29. The second kappa shape index (κ2) is 4.66. The third kappa shape index (κ3) is 2.11. The maximum Gasteiger partial charge on any atom is 0.0782 e. The third-order valence-corrected chi connectivity index (χ3v) is 4.08. The van der Waals surface area contributed by atoms with Gasteiger partial charge in [-0.25, -0.2) is 0 Å². The van der Waals surface area contributed by atoms with Crippen molar-refractivity contribution in [2.75, 3.05) is 6.54 Å². The lowest BCUT2D eigenvalue weighted by atomic mass is 10.0. The summed E-state index contributed by atoms with van der Waals surface area (Å²) in [4.78, 5) is 0. The molecule has 1 saturated carbocycles. The molecule has 2 N–H and O–H groups in total. The molecule has 0 aliphatic heterocycles. The van der Waals surface area contributed by atoms with Crippen molar-refractivity contribution in [1.29, 1.82) is 0 Å². The molecule has 1 aromatic heterocycles. The van der Waals surface area contributed by atoms with Gasteiger partial charge < -0.3 is 5.73 Å². The lowest BCUT2D eigenvalue weighted by Crippen LogP contribution is -2.04. The van der Waals surface area contributed by atoms with Gasteiger partial charge in [0.15, 0.2) is 0 Å². The van der Waals surface area contributed by atoms with E-state index in [-0.39, 0.29) is 0 Å². The van der Waals surface area contributed by atoms with E-state index in [1.165, 1.54) is 35.8 Å². The van der Waals surface area contributed by atoms with E-state index < -0.39 is 0 Å². The van der Waals surface area contributed by atoms with Crippen molar-refractivity contribution in [3.05, 3.63) is 15.9 Å². The topological polar surface area (TPSA) is 43.8 Å². The van der Waals surface area contributed by atoms with Crippen molar-refractivity contribution in [1.82, 2.24) is 9.78 Å². The molecule has 1 heterocycles. The van der Waals surface area contributed by atoms with E-state index in [0.717, 1.165) is 12.1 Å². The second-order valence-electron chi connectivity index (χ2n) is 4.29. The van der Waals surface area contributed by atoms with Crippen molar-refractivity contribution in [3.63, 3.8) is 0 Å². The van der Waals surface area contributed by atoms with Crippen LogP contribution in [0, 0.1) is 0 Å². The molecule has 1 aromatic rings. The zero-order valence-corrected chi connectivity index (χ0v) is 10.8. The Labute approximate surface area is 99.2 Å². The van der Waals surface area contributed by atoms with Crippen LogP contribution in [0.1, 0.15) is 43.0 Å². The van der Waals surface area contributed by atoms with Crippen LogP contribution in [0.15, 0.2) is 4.47 Å². The average molecular weight is 272 g/mol. The van der Waals surface area contributed by atoms with Crippen LogP contribution in [0.5, 0.6) is 0 Å². The van der Waals surface area contributed by atoms with Crippen molar-refractivity contribution in [2.24, 2.45) is 12.8 Å². The van der Waals surface area contributed by atoms with E-state index in [4.69, 9.17) is 5.73 Å². The molecule has 0 aromatic carbocycles. The lowest BCUT2D eigenvalue weighted by molar-refractivity contribution is 0.612. The van der Waals surface area contributed by atoms with Gasteiger partial charge in [0.2, 0.25) is 0 Å². The predicted molar refractivity (Wildman–Crippen MR) is 64.9 cm³/mol. The first kappa shape index (κ1) is 11.1. The fraction of sp³-hybridized carbons (Fsp3) is 0.727. The lowest BCUT2D eigenvalue weighted by Gasteiger charge is -2.09. The Morgan fingerprint density at radius 3 is 2.73 bits per heavy atom. The van der Waals surface area contributed by atoms with Crippen molar-refractivity contribution >= 4 is 15.9 Å². The van der Waals surface area contributed by atoms with Gasteiger partial charge in [-0.3, -0.25) is 4.68 Å². The Morgan fingerprint density at radius 2 is 2.13 bits per heavy atom. The summed E-state index contributed by atoms with van der Waals surface area (Å²) in [5.74, 6) is 0.698. The van der Waals surface area contributed by atoms with Crippen LogP contribution in [0.4, 0.5) is 0 Å². The molecule has 84 valence electrons. The quantitative estimate of drug-likeness (QED) is 0.917. The van der Waals surface area contributed by atoms with Crippen molar-refractivity contribution < 1.29 is 0 Å². The highest BCUT2D eigenvalue weighted by atomic mass is 79.9. The molecule has 4 heteroatoms. The number of halogens is 1. The summed E-state index contributed by atoms with van der Waals surface area (Å²) in [5.41, 5.74) is 8.06. The minimum absolute atomic E-state index is 0.666. The van der Waals surface area contributed by atoms with E-state index >= 15 is 0 Å². The Kier molecular flexibility index (Phi) is 3.46. The maximum absolute atomic E-state index is 5.57. The number of nitrogens with zero attached hydrogens (tertiary/aromatic N) is 2. The van der Waals surface area contributed by atoms with Gasteiger partial charge in [0.25, 0.3) is 0 Å². The summed E-state index contributed by atoms with van der Waals surface area (Å²) in [7, 11) is 2.04. The molecule has 15 heavy (non-hydrogen) atoms. The van der Waals surface area contributed by atoms with E-state index in [9.17, 15) is 0 Å². The smallest absolute Gasteiger partial charge is 0.0782 e. The highest BCUT2D eigenvalue weighted by Crippen LogP contribution is 2.38. The molecule has 0 amide bonds. The van der Waals surface area contributed by atoms with Crippen molar-refractivity contribution in [3.8, 4) is 0 Å². The molecule has 0 spiro atoms. The van der Waals surface area contributed by atoms with Gasteiger partial charge in [0.1, 0.15) is 0 Å². The number of nitrogens with two attached hydrogens (primary N) is 1. The molecule has 1 aliphatic rings. The largest absolute Gasteiger partial charge is 0.330 e. The Hall–Kier alpha value is -0.350. The summed E-state index contributed by atoms with van der Waals surface area (Å²) in [5, 5.41) is 4.53. The minimum atomic E-state index is 0.666. The van der Waals surface area contributed by atoms with Crippen LogP contribution in [0.3, 0.4) is 0 Å². The summed E-state index contributed by atoms with van der Waals surface area (Å²) in [6, 6.07) is 0. The molecular formula is C11H18BrN3. The van der Waals surface area contributed by atoms with Crippen LogP contribution in [0.2, 0.25) is 0 Å². The summed E-state index contributed by atoms with van der Waals surface area (Å²) in [6.45, 7) is 0.666. The Morgan fingerprint density at radius 1 is 1.47 bits per heavy atom. The molecule has 0 atom stereocenters. The average Bonchev–Trinajstić information content (AvgIpc) is 2.77. The monoisotopic (exact) mass is 271 g/mol. The minimum Gasteiger partial charge on any atom is -0.330 e. The van der Waals surface area contributed by atoms with Crippen LogP contribution in [-0.4, -0.2) is 16.3 Å². The number of hydrogen-bond acceptors (Lipinski definition) is 2. The van der Waals surface area contributed by atoms with Crippen LogP contribution >= 0.6 is 15.9 Å². The summed E-state index contributed by atoms with van der Waals surface area (Å²) in [6.07, 6.45) is 6.19. The number of hydrogen-bond donors (Lipinski definition) is 1. The standard InChI is InChI=1S/C11H18BrN3/c1-15-11(8-4-2-3-5-8)10(12)9(14-15)6-7-13/h8H,2-7,13H2,1H3. The van der Waals surface area contributed by atoms with Gasteiger partial charge in [0.05, 0.1) is 15.9 Å². The van der Waals surface area contributed by atoms with Gasteiger partial charge in [-0.05, 0) is 35.3 Å². The number of aryl methyl sites for hydroxylation is 1. The highest BCUT2D eigenvalue weighted by Gasteiger charge is 2.24. The summed E-state index contributed by atoms with van der Waals surface area (Å²) >= 11 is 3.67. The first-order valence-electron chi connectivity index (χ1n) is 5.65. The van der Waals surface area contributed by atoms with Crippen LogP contribution in [-0.2, 0) is 13.5 Å². The van der Waals surface area contributed by atoms with Crippen LogP contribution < -0.4 is 5.73 Å². The van der Waals surface area contributed by atoms with Gasteiger partial charge in [0, 0.05) is 19.4 Å². The van der Waals surface area contributed by atoms with Crippen molar-refractivity contribution in [2.45, 2.75) is 38.0 Å². The zero-order valence-electron chi connectivity index (χ0n) is 9.17. The third-order valence-electron chi connectivity index (χ3n) is 3.22. The second-order valence-corrected chi connectivity index (χ2v) is 5.08. The fourth-order valence-electron chi connectivity index (χ4n) is 2.51. The number of aromatic nitrogens is 2. The first-order valence-corrected chi connectivity index (χ1v) is 6.44. The van der Waals surface area contributed by atoms with Gasteiger partial charge >= 0.3 is 0 Å². The first-order chi connectivity index (χ1) is 7.24. The van der Waals surface area contributed by atoms with Crippen LogP contribution in [0.25, 0.3) is 0 Å². The highest BCUT2D eigenvalue weighted by molar-refractivity contribution is 9.10. The molecule has 0 unspecified atom stereocenters. The zero-order chi connectivity index (χ0) is 10.8. The normalized spacial score (nSPS) is 17.5. The molecular weight excluding hydrogens is 254 g/mol. The van der Waals surface area contributed by atoms with E-state index in [2.05, 4.69) is 21.0 Å². The SMILES string of the molecule is Cn1nc(CCN)c(Br)c1C1CCCC1. The molecule has 0 saturated heterocycles. The molecule has 1 fully saturated rings. The van der Waals surface area contributed by atoms with E-state index in [1.54, 1.807) is 0 Å². The molecule has 0 radical (unpaired) electrons. The van der Waals surface area contributed by atoms with E-state index in [1.807, 2.05) is 11.7 Å². The molecule has 2 rings (SSSR count). The molecule has 3 nitrogen and oxygen atoms in total. The maximum atomic E-state index is 5.57. The summed E-state index contributed by atoms with van der Waals surface area (Å²) < 4.78 is 3.23. The fourth-order valence-corrected chi connectivity index (χ4v) is 3.37. The molecule has 0 bridgehead atoms. The van der Waals surface area contributed by atoms with Gasteiger partial charge in [-0.1, -0.05) is 12.8 Å². The Bertz CT molecular complexity index is 340. The van der Waals surface area contributed by atoms with Gasteiger partial charge in [-0.15, -0.1) is 0 Å². The van der Waals surface area contributed by atoms with E-state index in [0.29, 0.717) is 12.5 Å². The predicted octanol–water partition coefficient (Wildman–Crippen LogP) is 2.34. The van der Waals surface area contributed by atoms with Gasteiger partial charge in [-0.2, -0.15) is 5.10 Å². The molecule has 1 aliphatic carbocycles. The number of rotatable bonds is 3.